The minimum Gasteiger partial charge on any atom is -0.493 e. The Kier molecular flexibility index (Phi) is 8.40. The normalized spacial score (nSPS) is 15.7. The van der Waals surface area contributed by atoms with Crippen LogP contribution >= 0.6 is 0 Å². The number of ether oxygens (including phenoxy) is 1. The van der Waals surface area contributed by atoms with Gasteiger partial charge in [0.1, 0.15) is 5.75 Å². The average molecular weight is 430 g/mol. The highest BCUT2D eigenvalue weighted by molar-refractivity contribution is 5.84. The monoisotopic (exact) mass is 429 g/mol. The van der Waals surface area contributed by atoms with Crippen molar-refractivity contribution in [2.24, 2.45) is 17.3 Å². The van der Waals surface area contributed by atoms with Crippen molar-refractivity contribution in [3.63, 3.8) is 0 Å². The van der Waals surface area contributed by atoms with Gasteiger partial charge in [-0.3, -0.25) is 0 Å². The van der Waals surface area contributed by atoms with E-state index in [4.69, 9.17) is 9.26 Å². The Morgan fingerprint density at radius 3 is 2.65 bits per heavy atom. The van der Waals surface area contributed by atoms with E-state index in [1.165, 1.54) is 25.7 Å². The summed E-state index contributed by atoms with van der Waals surface area (Å²) in [7, 11) is 4.17. The maximum Gasteiger partial charge on any atom is 0.175 e. The van der Waals surface area contributed by atoms with Crippen molar-refractivity contribution in [1.29, 1.82) is 0 Å². The van der Waals surface area contributed by atoms with Crippen LogP contribution in [0.25, 0.3) is 11.0 Å². The third-order valence-corrected chi connectivity index (χ3v) is 6.17. The molecule has 1 aliphatic rings. The number of hydrogen-bond donors (Lipinski definition) is 1. The molecule has 1 aromatic heterocycles. The predicted octanol–water partition coefficient (Wildman–Crippen LogP) is 5.66. The van der Waals surface area contributed by atoms with Crippen LogP contribution in [0.1, 0.15) is 71.1 Å². The smallest absolute Gasteiger partial charge is 0.175 e. The van der Waals surface area contributed by atoms with Crippen LogP contribution in [0, 0.1) is 17.3 Å². The minimum absolute atomic E-state index is 0.340. The molecule has 1 fully saturated rings. The highest BCUT2D eigenvalue weighted by atomic mass is 16.5. The summed E-state index contributed by atoms with van der Waals surface area (Å²) in [5.41, 5.74) is 3.45. The van der Waals surface area contributed by atoms with Gasteiger partial charge in [0.15, 0.2) is 5.58 Å². The third kappa shape index (κ3) is 7.50. The molecule has 1 aromatic carbocycles. The van der Waals surface area contributed by atoms with Crippen LogP contribution in [0.15, 0.2) is 16.7 Å². The van der Waals surface area contributed by atoms with Crippen LogP contribution < -0.4 is 10.1 Å². The van der Waals surface area contributed by atoms with Crippen molar-refractivity contribution in [3.05, 3.63) is 23.4 Å². The standard InChI is InChI=1S/C26H43N3O2/c1-7-19(14-15-27-18-26(2,3)4)10-12-23-21-11-13-24(30-17-20-8-9-20)22(16-29(5)6)25(21)31-28-23/h11,13,19-20,27H,7-10,12,14-18H2,1-6H3. The second-order valence-electron chi connectivity index (χ2n) is 10.9. The lowest BCUT2D eigenvalue weighted by atomic mass is 9.94. The highest BCUT2D eigenvalue weighted by Gasteiger charge is 2.24. The first-order chi connectivity index (χ1) is 14.8. The van der Waals surface area contributed by atoms with Crippen molar-refractivity contribution in [2.45, 2.75) is 72.8 Å². The van der Waals surface area contributed by atoms with Gasteiger partial charge in [-0.05, 0) is 88.7 Å². The maximum absolute atomic E-state index is 6.15. The largest absolute Gasteiger partial charge is 0.493 e. The summed E-state index contributed by atoms with van der Waals surface area (Å²) in [5.74, 6) is 2.39. The zero-order chi connectivity index (χ0) is 22.4. The van der Waals surface area contributed by atoms with Gasteiger partial charge >= 0.3 is 0 Å². The molecule has 0 radical (unpaired) electrons. The molecule has 31 heavy (non-hydrogen) atoms. The van der Waals surface area contributed by atoms with Gasteiger partial charge in [-0.2, -0.15) is 0 Å². The SMILES string of the molecule is CCC(CCNCC(C)(C)C)CCc1noc2c(CN(C)C)c(OCC3CC3)ccc12. The fraction of sp³-hybridized carbons (Fsp3) is 0.731. The molecule has 0 spiro atoms. The van der Waals surface area contributed by atoms with E-state index in [-0.39, 0.29) is 0 Å². The highest BCUT2D eigenvalue weighted by Crippen LogP contribution is 2.34. The fourth-order valence-electron chi connectivity index (χ4n) is 4.03. The Hall–Kier alpha value is -1.59. The van der Waals surface area contributed by atoms with Crippen molar-refractivity contribution in [2.75, 3.05) is 33.8 Å². The van der Waals surface area contributed by atoms with Crippen molar-refractivity contribution in [1.82, 2.24) is 15.4 Å². The van der Waals surface area contributed by atoms with Gasteiger partial charge in [-0.25, -0.2) is 0 Å². The summed E-state index contributed by atoms with van der Waals surface area (Å²) in [5, 5.41) is 9.25. The van der Waals surface area contributed by atoms with E-state index < -0.39 is 0 Å². The molecule has 1 atom stereocenters. The Labute approximate surface area is 188 Å². The predicted molar refractivity (Wildman–Crippen MR) is 129 cm³/mol. The number of fused-ring (bicyclic) bond motifs is 1. The molecule has 5 heteroatoms. The van der Waals surface area contributed by atoms with Crippen LogP contribution in [-0.2, 0) is 13.0 Å². The molecule has 0 aliphatic heterocycles. The zero-order valence-electron chi connectivity index (χ0n) is 20.6. The van der Waals surface area contributed by atoms with Crippen LogP contribution in [0.4, 0.5) is 0 Å². The van der Waals surface area contributed by atoms with E-state index in [1.807, 2.05) is 0 Å². The molecule has 5 nitrogen and oxygen atoms in total. The molecule has 1 unspecified atom stereocenters. The quantitative estimate of drug-likeness (QED) is 0.416. The molecule has 174 valence electrons. The molecule has 1 saturated carbocycles. The number of nitrogens with zero attached hydrogens (tertiary/aromatic N) is 2. The topological polar surface area (TPSA) is 50.5 Å². The van der Waals surface area contributed by atoms with Gasteiger partial charge in [0, 0.05) is 11.9 Å². The number of aromatic nitrogens is 1. The molecule has 2 aromatic rings. The van der Waals surface area contributed by atoms with E-state index in [1.54, 1.807) is 0 Å². The summed E-state index contributed by atoms with van der Waals surface area (Å²) >= 11 is 0. The zero-order valence-corrected chi connectivity index (χ0v) is 20.6. The Morgan fingerprint density at radius 1 is 1.23 bits per heavy atom. The fourth-order valence-corrected chi connectivity index (χ4v) is 4.03. The first kappa shape index (κ1) is 24.1. The second kappa shape index (κ2) is 10.8. The third-order valence-electron chi connectivity index (χ3n) is 6.17. The second-order valence-corrected chi connectivity index (χ2v) is 10.9. The Balaban J connectivity index is 1.63. The number of benzene rings is 1. The molecule has 1 N–H and O–H groups in total. The summed E-state index contributed by atoms with van der Waals surface area (Å²) < 4.78 is 12.0. The van der Waals surface area contributed by atoms with Crippen LogP contribution in [-0.4, -0.2) is 43.8 Å². The molecule has 1 heterocycles. The van der Waals surface area contributed by atoms with Gasteiger partial charge in [0.2, 0.25) is 0 Å². The first-order valence-electron chi connectivity index (χ1n) is 12.1. The molecule has 0 bridgehead atoms. The van der Waals surface area contributed by atoms with E-state index >= 15 is 0 Å². The Morgan fingerprint density at radius 2 is 2.00 bits per heavy atom. The molecular weight excluding hydrogens is 386 g/mol. The van der Waals surface area contributed by atoms with Crippen LogP contribution in [0.3, 0.4) is 0 Å². The van der Waals surface area contributed by atoms with Crippen molar-refractivity contribution >= 4 is 11.0 Å². The lowest BCUT2D eigenvalue weighted by molar-refractivity contribution is 0.289. The Bertz CT molecular complexity index is 818. The van der Waals surface area contributed by atoms with Gasteiger partial charge in [-0.15, -0.1) is 0 Å². The van der Waals surface area contributed by atoms with E-state index in [0.29, 0.717) is 11.3 Å². The molecule has 3 rings (SSSR count). The van der Waals surface area contributed by atoms with Gasteiger partial charge in [0.25, 0.3) is 0 Å². The lowest BCUT2D eigenvalue weighted by Gasteiger charge is -2.20. The molecular formula is C26H43N3O2. The number of nitrogens with one attached hydrogen (secondary N) is 1. The van der Waals surface area contributed by atoms with E-state index in [2.05, 4.69) is 69.3 Å². The van der Waals surface area contributed by atoms with Gasteiger partial charge < -0.3 is 19.5 Å². The molecule has 0 saturated heterocycles. The van der Waals surface area contributed by atoms with Gasteiger partial charge in [-0.1, -0.05) is 39.3 Å². The van der Waals surface area contributed by atoms with E-state index in [9.17, 15) is 0 Å². The minimum atomic E-state index is 0.340. The summed E-state index contributed by atoms with van der Waals surface area (Å²) in [6.07, 6.45) is 7.13. The molecule has 0 amide bonds. The summed E-state index contributed by atoms with van der Waals surface area (Å²) in [6, 6.07) is 4.27. The number of rotatable bonds is 13. The van der Waals surface area contributed by atoms with Gasteiger partial charge in [0.05, 0.1) is 17.9 Å². The lowest BCUT2D eigenvalue weighted by Crippen LogP contribution is -2.28. The van der Waals surface area contributed by atoms with E-state index in [0.717, 1.165) is 73.0 Å². The maximum atomic E-state index is 6.15. The van der Waals surface area contributed by atoms with Crippen LogP contribution in [0.5, 0.6) is 5.75 Å². The molecule has 1 aliphatic carbocycles. The van der Waals surface area contributed by atoms with Crippen molar-refractivity contribution in [3.8, 4) is 5.75 Å². The number of aryl methyl sites for hydroxylation is 1. The summed E-state index contributed by atoms with van der Waals surface area (Å²) in [6.45, 7) is 12.9. The number of hydrogen-bond acceptors (Lipinski definition) is 5. The van der Waals surface area contributed by atoms with Crippen molar-refractivity contribution < 1.29 is 9.26 Å². The van der Waals surface area contributed by atoms with Crippen LogP contribution in [0.2, 0.25) is 0 Å². The average Bonchev–Trinajstić information content (AvgIpc) is 3.44. The first-order valence-corrected chi connectivity index (χ1v) is 12.1. The summed E-state index contributed by atoms with van der Waals surface area (Å²) in [4.78, 5) is 2.17.